The highest BCUT2D eigenvalue weighted by molar-refractivity contribution is 9.09. The molecule has 0 saturated heterocycles. The lowest BCUT2D eigenvalue weighted by molar-refractivity contribution is 0.245. The van der Waals surface area contributed by atoms with Crippen LogP contribution in [-0.4, -0.2) is 28.1 Å². The van der Waals surface area contributed by atoms with Crippen LogP contribution in [0.25, 0.3) is 0 Å². The molecule has 0 aliphatic heterocycles. The Hall–Kier alpha value is 0.617. The van der Waals surface area contributed by atoms with Crippen molar-refractivity contribution in [2.75, 3.05) is 19.5 Å². The van der Waals surface area contributed by atoms with E-state index in [0.717, 1.165) is 17.4 Å². The van der Waals surface area contributed by atoms with Crippen LogP contribution in [0.15, 0.2) is 0 Å². The van der Waals surface area contributed by atoms with Crippen LogP contribution in [0.1, 0.15) is 6.92 Å². The summed E-state index contributed by atoms with van der Waals surface area (Å²) in [6, 6.07) is 2.04. The summed E-state index contributed by atoms with van der Waals surface area (Å²) in [6.45, 7) is 2.11. The first-order valence-corrected chi connectivity index (χ1v) is 6.76. The van der Waals surface area contributed by atoms with Crippen molar-refractivity contribution in [1.82, 2.24) is 0 Å². The first-order chi connectivity index (χ1) is 4.74. The van der Waals surface area contributed by atoms with Crippen LogP contribution in [0, 0.1) is 0 Å². The van der Waals surface area contributed by atoms with Gasteiger partial charge in [-0.25, -0.2) is 0 Å². The smallest absolute Gasteiger partial charge is 0.338 e. The van der Waals surface area contributed by atoms with E-state index in [9.17, 15) is 0 Å². The molecule has 0 aliphatic carbocycles. The van der Waals surface area contributed by atoms with Gasteiger partial charge in [0, 0.05) is 25.6 Å². The van der Waals surface area contributed by atoms with Crippen molar-refractivity contribution < 1.29 is 8.85 Å². The molecule has 0 aromatic heterocycles. The van der Waals surface area contributed by atoms with E-state index in [1.54, 1.807) is 14.2 Å². The van der Waals surface area contributed by atoms with Crippen molar-refractivity contribution in [2.24, 2.45) is 0 Å². The average Bonchev–Trinajstić information content (AvgIpc) is 2.01. The maximum absolute atomic E-state index is 5.36. The lowest BCUT2D eigenvalue weighted by atomic mass is 10.9. The number of hydrogen-bond acceptors (Lipinski definition) is 2. The monoisotopic (exact) mass is 226 g/mol. The van der Waals surface area contributed by atoms with Gasteiger partial charge in [0.2, 0.25) is 0 Å². The molecule has 0 heterocycles. The maximum Gasteiger partial charge on any atom is 0.338 e. The molecule has 0 aromatic carbocycles. The van der Waals surface area contributed by atoms with Gasteiger partial charge in [-0.2, -0.15) is 0 Å². The summed E-state index contributed by atoms with van der Waals surface area (Å²) in [5.41, 5.74) is 0. The predicted octanol–water partition coefficient (Wildman–Crippen LogP) is 2.14. The Morgan fingerprint density at radius 2 is 1.80 bits per heavy atom. The van der Waals surface area contributed by atoms with E-state index < -0.39 is 8.56 Å². The zero-order chi connectivity index (χ0) is 8.04. The van der Waals surface area contributed by atoms with Gasteiger partial charge in [-0.05, 0) is 6.04 Å². The zero-order valence-corrected chi connectivity index (χ0v) is 9.40. The highest BCUT2D eigenvalue weighted by atomic mass is 79.9. The highest BCUT2D eigenvalue weighted by Crippen LogP contribution is 2.17. The van der Waals surface area contributed by atoms with Crippen LogP contribution in [0.2, 0.25) is 12.1 Å². The zero-order valence-electron chi connectivity index (χ0n) is 6.82. The first kappa shape index (κ1) is 10.6. The number of halogens is 1. The van der Waals surface area contributed by atoms with Gasteiger partial charge in [-0.1, -0.05) is 22.9 Å². The van der Waals surface area contributed by atoms with E-state index in [0.29, 0.717) is 0 Å². The quantitative estimate of drug-likeness (QED) is 0.529. The summed E-state index contributed by atoms with van der Waals surface area (Å²) in [5, 5.41) is 0.967. The van der Waals surface area contributed by atoms with Crippen molar-refractivity contribution >= 4 is 24.5 Å². The summed E-state index contributed by atoms with van der Waals surface area (Å²) >= 11 is 3.38. The van der Waals surface area contributed by atoms with Crippen molar-refractivity contribution in [3.05, 3.63) is 0 Å². The van der Waals surface area contributed by atoms with Gasteiger partial charge in [0.15, 0.2) is 0 Å². The molecular weight excluding hydrogens is 212 g/mol. The van der Waals surface area contributed by atoms with E-state index in [1.165, 1.54) is 0 Å². The van der Waals surface area contributed by atoms with Crippen molar-refractivity contribution in [3.63, 3.8) is 0 Å². The molecule has 0 saturated carbocycles. The normalized spacial score (nSPS) is 12.0. The van der Waals surface area contributed by atoms with Crippen LogP contribution in [-0.2, 0) is 8.85 Å². The van der Waals surface area contributed by atoms with Crippen LogP contribution >= 0.6 is 15.9 Å². The predicted molar refractivity (Wildman–Crippen MR) is 48.9 cm³/mol. The third-order valence-corrected chi connectivity index (χ3v) is 6.46. The van der Waals surface area contributed by atoms with Gasteiger partial charge < -0.3 is 8.85 Å². The Morgan fingerprint density at radius 1 is 1.30 bits per heavy atom. The SMILES string of the molecule is CC[Si](CCBr)(OC)OC. The van der Waals surface area contributed by atoms with Gasteiger partial charge in [0.1, 0.15) is 0 Å². The Balaban J connectivity index is 3.87. The third kappa shape index (κ3) is 2.70. The molecule has 0 amide bonds. The third-order valence-electron chi connectivity index (χ3n) is 1.76. The molecule has 0 fully saturated rings. The second-order valence-corrected chi connectivity index (χ2v) is 6.75. The maximum atomic E-state index is 5.36. The standard InChI is InChI=1S/C6H15BrO2Si/c1-4-10(8-2,9-3)6-5-7/h4-6H2,1-3H3. The van der Waals surface area contributed by atoms with E-state index in [4.69, 9.17) is 8.85 Å². The summed E-state index contributed by atoms with van der Waals surface area (Å²) in [7, 11) is 1.71. The summed E-state index contributed by atoms with van der Waals surface area (Å²) in [6.07, 6.45) is 0. The molecule has 2 nitrogen and oxygen atoms in total. The molecule has 0 N–H and O–H groups in total. The first-order valence-electron chi connectivity index (χ1n) is 3.41. The molecule has 0 unspecified atom stereocenters. The Labute approximate surface area is 72.3 Å². The molecule has 0 aliphatic rings. The summed E-state index contributed by atoms with van der Waals surface area (Å²) < 4.78 is 10.7. The molecule has 10 heavy (non-hydrogen) atoms. The van der Waals surface area contributed by atoms with E-state index in [-0.39, 0.29) is 0 Å². The van der Waals surface area contributed by atoms with Crippen LogP contribution in [0.5, 0.6) is 0 Å². The lowest BCUT2D eigenvalue weighted by Crippen LogP contribution is -2.39. The van der Waals surface area contributed by atoms with Gasteiger partial charge >= 0.3 is 8.56 Å². The van der Waals surface area contributed by atoms with E-state index in [2.05, 4.69) is 22.9 Å². The number of hydrogen-bond donors (Lipinski definition) is 0. The van der Waals surface area contributed by atoms with Crippen molar-refractivity contribution in [1.29, 1.82) is 0 Å². The number of rotatable bonds is 5. The summed E-state index contributed by atoms with van der Waals surface area (Å²) in [5.74, 6) is 0. The molecule has 0 atom stereocenters. The highest BCUT2D eigenvalue weighted by Gasteiger charge is 2.31. The minimum atomic E-state index is -1.76. The van der Waals surface area contributed by atoms with Crippen molar-refractivity contribution in [3.8, 4) is 0 Å². The van der Waals surface area contributed by atoms with E-state index in [1.807, 2.05) is 0 Å². The molecule has 0 bridgehead atoms. The lowest BCUT2D eigenvalue weighted by Gasteiger charge is -2.24. The fraction of sp³-hybridized carbons (Fsp3) is 1.00. The molecule has 0 rings (SSSR count). The minimum absolute atomic E-state index is 0.967. The molecule has 0 spiro atoms. The average molecular weight is 227 g/mol. The molecule has 0 radical (unpaired) electrons. The van der Waals surface area contributed by atoms with Gasteiger partial charge in [0.05, 0.1) is 0 Å². The Kier molecular flexibility index (Phi) is 5.62. The van der Waals surface area contributed by atoms with Crippen LogP contribution in [0.3, 0.4) is 0 Å². The fourth-order valence-electron chi connectivity index (χ4n) is 0.897. The molecular formula is C6H15BrO2Si. The van der Waals surface area contributed by atoms with Gasteiger partial charge in [-0.3, -0.25) is 0 Å². The van der Waals surface area contributed by atoms with Gasteiger partial charge in [0.25, 0.3) is 0 Å². The summed E-state index contributed by atoms with van der Waals surface area (Å²) in [4.78, 5) is 0. The largest absolute Gasteiger partial charge is 0.398 e. The van der Waals surface area contributed by atoms with E-state index >= 15 is 0 Å². The van der Waals surface area contributed by atoms with Crippen molar-refractivity contribution in [2.45, 2.75) is 19.0 Å². The van der Waals surface area contributed by atoms with Crippen LogP contribution < -0.4 is 0 Å². The minimum Gasteiger partial charge on any atom is -0.398 e. The second kappa shape index (κ2) is 5.29. The second-order valence-electron chi connectivity index (χ2n) is 2.11. The fourth-order valence-corrected chi connectivity index (χ4v) is 4.50. The Bertz CT molecular complexity index is 77.6. The number of alkyl halides is 1. The molecule has 62 valence electrons. The Morgan fingerprint density at radius 3 is 1.90 bits per heavy atom. The topological polar surface area (TPSA) is 18.5 Å². The van der Waals surface area contributed by atoms with Gasteiger partial charge in [-0.15, -0.1) is 0 Å². The van der Waals surface area contributed by atoms with Crippen LogP contribution in [0.4, 0.5) is 0 Å². The molecule has 4 heteroatoms. The molecule has 0 aromatic rings.